The summed E-state index contributed by atoms with van der Waals surface area (Å²) in [7, 11) is 0. The maximum Gasteiger partial charge on any atom is 0.133 e. The Balaban J connectivity index is 2.28. The molecule has 2 aliphatic carbocycles. The molecule has 0 amide bonds. The van der Waals surface area contributed by atoms with Gasteiger partial charge in [-0.25, -0.2) is 0 Å². The van der Waals surface area contributed by atoms with Gasteiger partial charge in [-0.1, -0.05) is 34.6 Å². The van der Waals surface area contributed by atoms with Gasteiger partial charge in [0, 0.05) is 5.92 Å². The van der Waals surface area contributed by atoms with E-state index in [-0.39, 0.29) is 11.3 Å². The molecule has 18 heavy (non-hydrogen) atoms. The molecule has 2 saturated carbocycles. The Labute approximate surface area is 113 Å². The lowest BCUT2D eigenvalue weighted by atomic mass is 9.49. The molecule has 0 radical (unpaired) electrons. The van der Waals surface area contributed by atoms with Gasteiger partial charge < -0.3 is 0 Å². The second-order valence-electron chi connectivity index (χ2n) is 8.08. The molecule has 0 aromatic heterocycles. The Morgan fingerprint density at radius 1 is 1.17 bits per heavy atom. The smallest absolute Gasteiger partial charge is 0.133 e. The lowest BCUT2D eigenvalue weighted by molar-refractivity contribution is -0.129. The SMILES string of the molecule is CC(=O)[C@H](C)[C@@]1(C)CC[C@]2(C)[C@H](C)CC[C@@]2(C)C1. The van der Waals surface area contributed by atoms with Crippen molar-refractivity contribution in [3.8, 4) is 0 Å². The van der Waals surface area contributed by atoms with Crippen LogP contribution < -0.4 is 0 Å². The van der Waals surface area contributed by atoms with Crippen molar-refractivity contribution in [3.63, 3.8) is 0 Å². The third kappa shape index (κ3) is 1.77. The van der Waals surface area contributed by atoms with E-state index in [1.165, 1.54) is 32.1 Å². The van der Waals surface area contributed by atoms with Crippen LogP contribution in [0.2, 0.25) is 0 Å². The number of fused-ring (bicyclic) bond motifs is 1. The van der Waals surface area contributed by atoms with Gasteiger partial charge in [0.15, 0.2) is 0 Å². The maximum atomic E-state index is 11.8. The van der Waals surface area contributed by atoms with Gasteiger partial charge in [0.1, 0.15) is 5.78 Å². The minimum Gasteiger partial charge on any atom is -0.300 e. The van der Waals surface area contributed by atoms with Crippen molar-refractivity contribution < 1.29 is 4.79 Å². The van der Waals surface area contributed by atoms with E-state index in [1.807, 2.05) is 0 Å². The molecule has 1 nitrogen and oxygen atoms in total. The van der Waals surface area contributed by atoms with Crippen molar-refractivity contribution in [3.05, 3.63) is 0 Å². The van der Waals surface area contributed by atoms with Gasteiger partial charge >= 0.3 is 0 Å². The summed E-state index contributed by atoms with van der Waals surface area (Å²) < 4.78 is 0. The van der Waals surface area contributed by atoms with Crippen LogP contribution in [0.5, 0.6) is 0 Å². The molecule has 104 valence electrons. The van der Waals surface area contributed by atoms with Crippen LogP contribution in [0, 0.1) is 28.1 Å². The molecule has 0 heterocycles. The van der Waals surface area contributed by atoms with Gasteiger partial charge in [-0.3, -0.25) is 4.79 Å². The summed E-state index contributed by atoms with van der Waals surface area (Å²) in [5.74, 6) is 1.44. The normalized spacial score (nSPS) is 49.8. The zero-order valence-electron chi connectivity index (χ0n) is 13.1. The number of carbonyl (C=O) groups excluding carboxylic acids is 1. The van der Waals surface area contributed by atoms with Gasteiger partial charge in [0.05, 0.1) is 0 Å². The van der Waals surface area contributed by atoms with E-state index >= 15 is 0 Å². The largest absolute Gasteiger partial charge is 0.300 e. The standard InChI is InChI=1S/C17H30O/c1-12-7-8-16(5)11-15(4,13(2)14(3)18)9-10-17(12,16)6/h12-13H,7-11H2,1-6H3/t12-,13+,15+,16+,17-/m1/s1. The molecular weight excluding hydrogens is 220 g/mol. The number of rotatable bonds is 2. The predicted octanol–water partition coefficient (Wildman–Crippen LogP) is 4.84. The second-order valence-corrected chi connectivity index (χ2v) is 8.08. The van der Waals surface area contributed by atoms with Gasteiger partial charge in [-0.2, -0.15) is 0 Å². The van der Waals surface area contributed by atoms with Crippen LogP contribution in [0.25, 0.3) is 0 Å². The summed E-state index contributed by atoms with van der Waals surface area (Å²) in [4.78, 5) is 11.8. The minimum atomic E-state index is 0.217. The zero-order valence-corrected chi connectivity index (χ0v) is 13.1. The van der Waals surface area contributed by atoms with E-state index in [0.29, 0.717) is 16.6 Å². The van der Waals surface area contributed by atoms with Crippen LogP contribution in [0.4, 0.5) is 0 Å². The van der Waals surface area contributed by atoms with E-state index in [2.05, 4.69) is 34.6 Å². The fourth-order valence-corrected chi connectivity index (χ4v) is 4.96. The summed E-state index contributed by atoms with van der Waals surface area (Å²) >= 11 is 0. The molecule has 5 atom stereocenters. The molecule has 0 saturated heterocycles. The van der Waals surface area contributed by atoms with Crippen molar-refractivity contribution in [1.82, 2.24) is 0 Å². The topological polar surface area (TPSA) is 17.1 Å². The quantitative estimate of drug-likeness (QED) is 0.685. The highest BCUT2D eigenvalue weighted by atomic mass is 16.1. The van der Waals surface area contributed by atoms with Gasteiger partial charge in [-0.15, -0.1) is 0 Å². The average molecular weight is 250 g/mol. The Hall–Kier alpha value is -0.330. The molecule has 0 aromatic rings. The summed E-state index contributed by atoms with van der Waals surface area (Å²) in [6, 6.07) is 0. The molecule has 0 aliphatic heterocycles. The molecule has 1 heteroatoms. The summed E-state index contributed by atoms with van der Waals surface area (Å²) in [5.41, 5.74) is 1.18. The summed E-state index contributed by atoms with van der Waals surface area (Å²) in [5, 5.41) is 0. The number of hydrogen-bond acceptors (Lipinski definition) is 1. The third-order valence-corrected chi connectivity index (χ3v) is 7.26. The van der Waals surface area contributed by atoms with Crippen LogP contribution in [0.1, 0.15) is 73.6 Å². The lowest BCUT2D eigenvalue weighted by Crippen LogP contribution is -2.48. The minimum absolute atomic E-state index is 0.217. The van der Waals surface area contributed by atoms with Crippen LogP contribution >= 0.6 is 0 Å². The first-order valence-corrected chi connectivity index (χ1v) is 7.65. The van der Waals surface area contributed by atoms with Crippen LogP contribution in [-0.2, 0) is 4.79 Å². The van der Waals surface area contributed by atoms with Crippen LogP contribution in [0.15, 0.2) is 0 Å². The van der Waals surface area contributed by atoms with E-state index in [1.54, 1.807) is 6.92 Å². The van der Waals surface area contributed by atoms with Gasteiger partial charge in [-0.05, 0) is 61.2 Å². The van der Waals surface area contributed by atoms with E-state index in [4.69, 9.17) is 0 Å². The molecule has 2 rings (SSSR count). The fraction of sp³-hybridized carbons (Fsp3) is 0.941. The number of Topliss-reactive ketones (excluding diaryl/α,β-unsaturated/α-hetero) is 1. The predicted molar refractivity (Wildman–Crippen MR) is 76.4 cm³/mol. The van der Waals surface area contributed by atoms with Gasteiger partial charge in [0.2, 0.25) is 0 Å². The first kappa shape index (κ1) is 14.1. The molecular formula is C17H30O. The van der Waals surface area contributed by atoms with Crippen molar-refractivity contribution in [2.24, 2.45) is 28.1 Å². The molecule has 0 unspecified atom stereocenters. The Morgan fingerprint density at radius 3 is 2.33 bits per heavy atom. The number of ketones is 1. The fourth-order valence-electron chi connectivity index (χ4n) is 4.96. The average Bonchev–Trinajstić information content (AvgIpc) is 2.51. The molecule has 0 N–H and O–H groups in total. The highest BCUT2D eigenvalue weighted by Gasteiger charge is 2.58. The monoisotopic (exact) mass is 250 g/mol. The number of carbonyl (C=O) groups is 1. The molecule has 0 spiro atoms. The first-order valence-electron chi connectivity index (χ1n) is 7.65. The Bertz CT molecular complexity index is 361. The lowest BCUT2D eigenvalue weighted by Gasteiger charge is -2.55. The van der Waals surface area contributed by atoms with E-state index in [9.17, 15) is 4.79 Å². The van der Waals surface area contributed by atoms with E-state index in [0.717, 1.165) is 5.92 Å². The van der Waals surface area contributed by atoms with Crippen LogP contribution in [0.3, 0.4) is 0 Å². The van der Waals surface area contributed by atoms with Crippen LogP contribution in [-0.4, -0.2) is 5.78 Å². The highest BCUT2D eigenvalue weighted by molar-refractivity contribution is 5.78. The van der Waals surface area contributed by atoms with E-state index < -0.39 is 0 Å². The molecule has 0 bridgehead atoms. The molecule has 0 aromatic carbocycles. The zero-order chi connectivity index (χ0) is 13.8. The maximum absolute atomic E-state index is 11.8. The number of hydrogen-bond donors (Lipinski definition) is 0. The Kier molecular flexibility index (Phi) is 3.19. The van der Waals surface area contributed by atoms with Crippen molar-refractivity contribution in [2.45, 2.75) is 73.6 Å². The molecule has 2 fully saturated rings. The van der Waals surface area contributed by atoms with Crippen molar-refractivity contribution >= 4 is 5.78 Å². The van der Waals surface area contributed by atoms with Gasteiger partial charge in [0.25, 0.3) is 0 Å². The summed E-state index contributed by atoms with van der Waals surface area (Å²) in [6.07, 6.45) is 6.49. The summed E-state index contributed by atoms with van der Waals surface area (Å²) in [6.45, 7) is 13.7. The molecule has 2 aliphatic rings. The van der Waals surface area contributed by atoms with Crippen molar-refractivity contribution in [2.75, 3.05) is 0 Å². The second kappa shape index (κ2) is 4.08. The highest BCUT2D eigenvalue weighted by Crippen LogP contribution is 2.67. The Morgan fingerprint density at radius 2 is 1.78 bits per heavy atom. The van der Waals surface area contributed by atoms with Crippen molar-refractivity contribution in [1.29, 1.82) is 0 Å². The third-order valence-electron chi connectivity index (χ3n) is 7.26. The first-order chi connectivity index (χ1) is 8.15.